The van der Waals surface area contributed by atoms with Crippen LogP contribution < -0.4 is 10.6 Å². The first-order valence-corrected chi connectivity index (χ1v) is 6.73. The van der Waals surface area contributed by atoms with E-state index in [0.29, 0.717) is 5.56 Å². The number of imidazole rings is 1. The molecule has 0 radical (unpaired) electrons. The van der Waals surface area contributed by atoms with Crippen LogP contribution in [0, 0.1) is 0 Å². The summed E-state index contributed by atoms with van der Waals surface area (Å²) in [5, 5.41) is 6.22. The summed E-state index contributed by atoms with van der Waals surface area (Å²) >= 11 is 0. The standard InChI is InChI=1S/C15H20N4O/c1-10(2)18-13-7-5-4-6-12(13)15(20)19-11(3)14-16-8-9-17-14/h4-11,18H,1-3H3,(H,16,17)(H,19,20). The fourth-order valence-electron chi connectivity index (χ4n) is 1.98. The number of anilines is 1. The molecule has 2 aromatic rings. The van der Waals surface area contributed by atoms with E-state index >= 15 is 0 Å². The third-order valence-corrected chi connectivity index (χ3v) is 2.89. The zero-order valence-corrected chi connectivity index (χ0v) is 12.0. The summed E-state index contributed by atoms with van der Waals surface area (Å²) < 4.78 is 0. The van der Waals surface area contributed by atoms with Crippen molar-refractivity contribution in [3.8, 4) is 0 Å². The lowest BCUT2D eigenvalue weighted by Gasteiger charge is -2.16. The van der Waals surface area contributed by atoms with Crippen LogP contribution >= 0.6 is 0 Å². The Morgan fingerprint density at radius 3 is 2.65 bits per heavy atom. The third kappa shape index (κ3) is 3.38. The maximum Gasteiger partial charge on any atom is 0.253 e. The maximum atomic E-state index is 12.4. The maximum absolute atomic E-state index is 12.4. The molecule has 0 saturated heterocycles. The van der Waals surface area contributed by atoms with Crippen molar-refractivity contribution in [2.75, 3.05) is 5.32 Å². The molecule has 2 rings (SSSR count). The molecule has 5 heteroatoms. The van der Waals surface area contributed by atoms with Crippen molar-refractivity contribution < 1.29 is 4.79 Å². The van der Waals surface area contributed by atoms with E-state index in [2.05, 4.69) is 20.6 Å². The number of amides is 1. The van der Waals surface area contributed by atoms with E-state index in [4.69, 9.17) is 0 Å². The van der Waals surface area contributed by atoms with Gasteiger partial charge in [0.15, 0.2) is 0 Å². The van der Waals surface area contributed by atoms with Gasteiger partial charge < -0.3 is 15.6 Å². The van der Waals surface area contributed by atoms with Crippen molar-refractivity contribution in [2.45, 2.75) is 32.9 Å². The van der Waals surface area contributed by atoms with E-state index in [1.165, 1.54) is 0 Å². The number of H-pyrrole nitrogens is 1. The Hall–Kier alpha value is -2.30. The molecule has 20 heavy (non-hydrogen) atoms. The quantitative estimate of drug-likeness (QED) is 0.783. The first kappa shape index (κ1) is 14.1. The van der Waals surface area contributed by atoms with Gasteiger partial charge >= 0.3 is 0 Å². The summed E-state index contributed by atoms with van der Waals surface area (Å²) in [4.78, 5) is 19.5. The second-order valence-corrected chi connectivity index (χ2v) is 5.01. The highest BCUT2D eigenvalue weighted by molar-refractivity contribution is 5.99. The minimum absolute atomic E-state index is 0.113. The molecule has 1 unspecified atom stereocenters. The highest BCUT2D eigenvalue weighted by atomic mass is 16.1. The smallest absolute Gasteiger partial charge is 0.253 e. The number of nitrogens with zero attached hydrogens (tertiary/aromatic N) is 1. The van der Waals surface area contributed by atoms with Gasteiger partial charge in [-0.15, -0.1) is 0 Å². The first-order chi connectivity index (χ1) is 9.58. The predicted octanol–water partition coefficient (Wildman–Crippen LogP) is 2.72. The molecule has 106 valence electrons. The summed E-state index contributed by atoms with van der Waals surface area (Å²) in [7, 11) is 0. The molecule has 0 aliphatic rings. The average Bonchev–Trinajstić information content (AvgIpc) is 2.92. The topological polar surface area (TPSA) is 69.8 Å². The van der Waals surface area contributed by atoms with Crippen LogP contribution in [0.3, 0.4) is 0 Å². The number of aromatic amines is 1. The van der Waals surface area contributed by atoms with Crippen LogP contribution in [0.15, 0.2) is 36.7 Å². The Labute approximate surface area is 118 Å². The number of nitrogens with one attached hydrogen (secondary N) is 3. The van der Waals surface area contributed by atoms with E-state index in [-0.39, 0.29) is 18.0 Å². The molecule has 1 aromatic carbocycles. The second-order valence-electron chi connectivity index (χ2n) is 5.01. The number of rotatable bonds is 5. The van der Waals surface area contributed by atoms with Gasteiger partial charge in [-0.25, -0.2) is 4.98 Å². The van der Waals surface area contributed by atoms with Crippen molar-refractivity contribution in [3.05, 3.63) is 48.0 Å². The lowest BCUT2D eigenvalue weighted by atomic mass is 10.1. The molecule has 1 atom stereocenters. The molecule has 1 amide bonds. The Balaban J connectivity index is 2.13. The molecule has 1 heterocycles. The van der Waals surface area contributed by atoms with Crippen molar-refractivity contribution in [1.82, 2.24) is 15.3 Å². The molecule has 0 fully saturated rings. The van der Waals surface area contributed by atoms with Gasteiger partial charge in [-0.1, -0.05) is 12.1 Å². The van der Waals surface area contributed by atoms with Gasteiger partial charge in [0.25, 0.3) is 5.91 Å². The number of hydrogen-bond donors (Lipinski definition) is 3. The fourth-order valence-corrected chi connectivity index (χ4v) is 1.98. The van der Waals surface area contributed by atoms with E-state index in [9.17, 15) is 4.79 Å². The molecular weight excluding hydrogens is 252 g/mol. The summed E-state index contributed by atoms with van der Waals surface area (Å²) in [5.41, 5.74) is 1.48. The molecule has 0 saturated carbocycles. The highest BCUT2D eigenvalue weighted by Gasteiger charge is 2.15. The van der Waals surface area contributed by atoms with Gasteiger partial charge in [-0.05, 0) is 32.9 Å². The van der Waals surface area contributed by atoms with Gasteiger partial charge in [-0.2, -0.15) is 0 Å². The summed E-state index contributed by atoms with van der Waals surface area (Å²) in [6.45, 7) is 5.98. The van der Waals surface area contributed by atoms with Crippen LogP contribution in [-0.4, -0.2) is 21.9 Å². The van der Waals surface area contributed by atoms with Gasteiger partial charge in [-0.3, -0.25) is 4.79 Å². The van der Waals surface area contributed by atoms with Crippen molar-refractivity contribution >= 4 is 11.6 Å². The second kappa shape index (κ2) is 6.23. The molecular formula is C15H20N4O. The summed E-state index contributed by atoms with van der Waals surface area (Å²) in [6.07, 6.45) is 3.42. The minimum Gasteiger partial charge on any atom is -0.382 e. The predicted molar refractivity (Wildman–Crippen MR) is 79.7 cm³/mol. The molecule has 0 bridgehead atoms. The van der Waals surface area contributed by atoms with E-state index in [1.54, 1.807) is 12.4 Å². The fraction of sp³-hybridized carbons (Fsp3) is 0.333. The van der Waals surface area contributed by atoms with Crippen LogP contribution in [0.2, 0.25) is 0 Å². The number of hydrogen-bond acceptors (Lipinski definition) is 3. The van der Waals surface area contributed by atoms with Crippen LogP contribution in [0.4, 0.5) is 5.69 Å². The Morgan fingerprint density at radius 1 is 1.25 bits per heavy atom. The van der Waals surface area contributed by atoms with Crippen LogP contribution in [0.25, 0.3) is 0 Å². The first-order valence-electron chi connectivity index (χ1n) is 6.73. The van der Waals surface area contributed by atoms with Crippen molar-refractivity contribution in [2.24, 2.45) is 0 Å². The van der Waals surface area contributed by atoms with Crippen LogP contribution in [0.5, 0.6) is 0 Å². The molecule has 3 N–H and O–H groups in total. The average molecular weight is 272 g/mol. The minimum atomic E-state index is -0.162. The molecule has 0 aliphatic heterocycles. The van der Waals surface area contributed by atoms with Gasteiger partial charge in [0, 0.05) is 24.1 Å². The lowest BCUT2D eigenvalue weighted by molar-refractivity contribution is 0.0939. The van der Waals surface area contributed by atoms with Gasteiger partial charge in [0.2, 0.25) is 0 Å². The number of carbonyl (C=O) groups excluding carboxylic acids is 1. The largest absolute Gasteiger partial charge is 0.382 e. The SMILES string of the molecule is CC(C)Nc1ccccc1C(=O)NC(C)c1ncc[nH]1. The van der Waals surface area contributed by atoms with Gasteiger partial charge in [0.05, 0.1) is 11.6 Å². The summed E-state index contributed by atoms with van der Waals surface area (Å²) in [6, 6.07) is 7.60. The van der Waals surface area contributed by atoms with Crippen LogP contribution in [-0.2, 0) is 0 Å². The van der Waals surface area contributed by atoms with E-state index in [0.717, 1.165) is 11.5 Å². The number of carbonyl (C=O) groups is 1. The van der Waals surface area contributed by atoms with Crippen LogP contribution in [0.1, 0.15) is 43.0 Å². The Bertz CT molecular complexity index is 563. The lowest BCUT2D eigenvalue weighted by Crippen LogP contribution is -2.28. The molecule has 1 aromatic heterocycles. The zero-order chi connectivity index (χ0) is 14.5. The summed E-state index contributed by atoms with van der Waals surface area (Å²) in [5.74, 6) is 0.630. The normalized spacial score (nSPS) is 12.2. The zero-order valence-electron chi connectivity index (χ0n) is 12.0. The van der Waals surface area contributed by atoms with Gasteiger partial charge in [0.1, 0.15) is 5.82 Å². The highest BCUT2D eigenvalue weighted by Crippen LogP contribution is 2.17. The number of para-hydroxylation sites is 1. The van der Waals surface area contributed by atoms with Crippen molar-refractivity contribution in [1.29, 1.82) is 0 Å². The number of benzene rings is 1. The number of aromatic nitrogens is 2. The molecule has 0 spiro atoms. The monoisotopic (exact) mass is 272 g/mol. The molecule has 0 aliphatic carbocycles. The van der Waals surface area contributed by atoms with Crippen molar-refractivity contribution in [3.63, 3.8) is 0 Å². The third-order valence-electron chi connectivity index (χ3n) is 2.89. The van der Waals surface area contributed by atoms with E-state index < -0.39 is 0 Å². The Morgan fingerprint density at radius 2 is 2.00 bits per heavy atom. The molecule has 5 nitrogen and oxygen atoms in total. The Kier molecular flexibility index (Phi) is 4.40. The van der Waals surface area contributed by atoms with E-state index in [1.807, 2.05) is 45.0 Å².